The monoisotopic (exact) mass is 172 g/mol. The fraction of sp³-hybridized carbons (Fsp3) is 1.00. The summed E-state index contributed by atoms with van der Waals surface area (Å²) < 4.78 is 0. The van der Waals surface area contributed by atoms with E-state index in [1.54, 1.807) is 0 Å². The predicted molar refractivity (Wildman–Crippen MR) is 48.9 cm³/mol. The van der Waals surface area contributed by atoms with Crippen LogP contribution < -0.4 is 0 Å². The van der Waals surface area contributed by atoms with Crippen molar-refractivity contribution in [2.45, 2.75) is 57.7 Å². The first-order valence-corrected chi connectivity index (χ1v) is 5.11. The Morgan fingerprint density at radius 3 is 2.67 bits per heavy atom. The molecule has 0 saturated heterocycles. The lowest BCUT2D eigenvalue weighted by Crippen LogP contribution is -2.37. The second kappa shape index (κ2) is 4.83. The van der Waals surface area contributed by atoms with Gasteiger partial charge in [-0.1, -0.05) is 26.2 Å². The normalized spacial score (nSPS) is 36.8. The maximum Gasteiger partial charge on any atom is 0.0827 e. The van der Waals surface area contributed by atoms with E-state index in [1.165, 1.54) is 12.8 Å². The van der Waals surface area contributed by atoms with Gasteiger partial charge >= 0.3 is 0 Å². The maximum atomic E-state index is 9.61. The average molecular weight is 172 g/mol. The Kier molecular flexibility index (Phi) is 4.02. The van der Waals surface area contributed by atoms with Gasteiger partial charge in [-0.2, -0.15) is 0 Å². The molecule has 1 aliphatic carbocycles. The molecule has 1 saturated carbocycles. The van der Waals surface area contributed by atoms with Crippen LogP contribution in [-0.2, 0) is 0 Å². The molecular weight excluding hydrogens is 152 g/mol. The number of aliphatic hydroxyl groups excluding tert-OH is 2. The number of aliphatic hydroxyl groups is 2. The van der Waals surface area contributed by atoms with Crippen LogP contribution in [0.2, 0.25) is 0 Å². The molecule has 1 aliphatic rings. The minimum absolute atomic E-state index is 0.355. The van der Waals surface area contributed by atoms with E-state index in [4.69, 9.17) is 0 Å². The highest BCUT2D eigenvalue weighted by Crippen LogP contribution is 2.28. The number of rotatable bonds is 3. The van der Waals surface area contributed by atoms with Crippen LogP contribution in [0.15, 0.2) is 0 Å². The fourth-order valence-electron chi connectivity index (χ4n) is 2.03. The summed E-state index contributed by atoms with van der Waals surface area (Å²) >= 11 is 0. The van der Waals surface area contributed by atoms with E-state index >= 15 is 0 Å². The van der Waals surface area contributed by atoms with Gasteiger partial charge in [0.1, 0.15) is 0 Å². The van der Waals surface area contributed by atoms with Gasteiger partial charge in [0.2, 0.25) is 0 Å². The van der Waals surface area contributed by atoms with Crippen molar-refractivity contribution in [1.29, 1.82) is 0 Å². The number of hydrogen-bond donors (Lipinski definition) is 2. The van der Waals surface area contributed by atoms with Crippen molar-refractivity contribution in [2.24, 2.45) is 5.92 Å². The van der Waals surface area contributed by atoms with Crippen molar-refractivity contribution >= 4 is 0 Å². The van der Waals surface area contributed by atoms with Crippen LogP contribution in [0.1, 0.15) is 45.4 Å². The molecule has 12 heavy (non-hydrogen) atoms. The minimum Gasteiger partial charge on any atom is -0.390 e. The Morgan fingerprint density at radius 2 is 2.00 bits per heavy atom. The molecule has 3 unspecified atom stereocenters. The Morgan fingerprint density at radius 1 is 1.25 bits per heavy atom. The Bertz CT molecular complexity index is 125. The number of unbranched alkanes of at least 4 members (excludes halogenated alkanes) is 1. The van der Waals surface area contributed by atoms with Gasteiger partial charge < -0.3 is 10.2 Å². The zero-order valence-corrected chi connectivity index (χ0v) is 7.87. The van der Waals surface area contributed by atoms with Crippen LogP contribution in [0.25, 0.3) is 0 Å². The molecular formula is C10H20O2. The molecule has 0 aromatic carbocycles. The molecule has 0 spiro atoms. The molecule has 2 nitrogen and oxygen atoms in total. The highest BCUT2D eigenvalue weighted by atomic mass is 16.3. The zero-order valence-electron chi connectivity index (χ0n) is 7.87. The Balaban J connectivity index is 2.30. The lowest BCUT2D eigenvalue weighted by atomic mass is 9.81. The van der Waals surface area contributed by atoms with Gasteiger partial charge in [-0.15, -0.1) is 0 Å². The van der Waals surface area contributed by atoms with Crippen molar-refractivity contribution in [3.8, 4) is 0 Å². The molecule has 0 radical (unpaired) electrons. The van der Waals surface area contributed by atoms with Crippen molar-refractivity contribution in [3.63, 3.8) is 0 Å². The van der Waals surface area contributed by atoms with Gasteiger partial charge in [-0.25, -0.2) is 0 Å². The smallest absolute Gasteiger partial charge is 0.0827 e. The molecule has 0 aromatic rings. The standard InChI is InChI=1S/C10H20O2/c1-2-3-5-8-6-4-7-9(11)10(8)12/h8-12H,2-7H2,1H3. The molecule has 1 rings (SSSR count). The first-order chi connectivity index (χ1) is 5.75. The van der Waals surface area contributed by atoms with Gasteiger partial charge in [0, 0.05) is 0 Å². The largest absolute Gasteiger partial charge is 0.390 e. The SMILES string of the molecule is CCCCC1CCCC(O)C1O. The van der Waals surface area contributed by atoms with E-state index in [0.29, 0.717) is 5.92 Å². The molecule has 0 bridgehead atoms. The lowest BCUT2D eigenvalue weighted by molar-refractivity contribution is -0.0471. The topological polar surface area (TPSA) is 40.5 Å². The van der Waals surface area contributed by atoms with Crippen LogP contribution in [0.4, 0.5) is 0 Å². The predicted octanol–water partition coefficient (Wildman–Crippen LogP) is 1.70. The first kappa shape index (κ1) is 10.0. The summed E-state index contributed by atoms with van der Waals surface area (Å²) in [6.07, 6.45) is 5.47. The van der Waals surface area contributed by atoms with Gasteiger partial charge in [0.05, 0.1) is 12.2 Å². The van der Waals surface area contributed by atoms with E-state index < -0.39 is 12.2 Å². The third-order valence-electron chi connectivity index (χ3n) is 2.88. The van der Waals surface area contributed by atoms with Crippen LogP contribution in [0, 0.1) is 5.92 Å². The summed E-state index contributed by atoms with van der Waals surface area (Å²) in [6, 6.07) is 0. The van der Waals surface area contributed by atoms with Crippen molar-refractivity contribution < 1.29 is 10.2 Å². The second-order valence-corrected chi connectivity index (χ2v) is 3.89. The molecule has 0 amide bonds. The van der Waals surface area contributed by atoms with Crippen LogP contribution in [0.5, 0.6) is 0 Å². The van der Waals surface area contributed by atoms with Crippen molar-refractivity contribution in [2.75, 3.05) is 0 Å². The molecule has 2 heteroatoms. The van der Waals surface area contributed by atoms with Crippen LogP contribution >= 0.6 is 0 Å². The van der Waals surface area contributed by atoms with Gasteiger partial charge in [-0.05, 0) is 25.2 Å². The van der Waals surface area contributed by atoms with E-state index in [-0.39, 0.29) is 0 Å². The fourth-order valence-corrected chi connectivity index (χ4v) is 2.03. The summed E-state index contributed by atoms with van der Waals surface area (Å²) in [5.41, 5.74) is 0. The second-order valence-electron chi connectivity index (χ2n) is 3.89. The molecule has 72 valence electrons. The summed E-state index contributed by atoms with van der Waals surface area (Å²) in [7, 11) is 0. The van der Waals surface area contributed by atoms with E-state index in [0.717, 1.165) is 25.7 Å². The molecule has 2 N–H and O–H groups in total. The van der Waals surface area contributed by atoms with Crippen LogP contribution in [0.3, 0.4) is 0 Å². The van der Waals surface area contributed by atoms with Crippen molar-refractivity contribution in [3.05, 3.63) is 0 Å². The third kappa shape index (κ3) is 2.46. The lowest BCUT2D eigenvalue weighted by Gasteiger charge is -2.31. The highest BCUT2D eigenvalue weighted by Gasteiger charge is 2.29. The molecule has 0 heterocycles. The van der Waals surface area contributed by atoms with Gasteiger partial charge in [0.25, 0.3) is 0 Å². The molecule has 1 fully saturated rings. The maximum absolute atomic E-state index is 9.61. The average Bonchev–Trinajstić information content (AvgIpc) is 2.08. The third-order valence-corrected chi connectivity index (χ3v) is 2.88. The minimum atomic E-state index is -0.458. The Labute approximate surface area is 74.6 Å². The van der Waals surface area contributed by atoms with Gasteiger partial charge in [-0.3, -0.25) is 0 Å². The van der Waals surface area contributed by atoms with Gasteiger partial charge in [0.15, 0.2) is 0 Å². The quantitative estimate of drug-likeness (QED) is 0.680. The first-order valence-electron chi connectivity index (χ1n) is 5.11. The molecule has 0 aliphatic heterocycles. The molecule has 0 aromatic heterocycles. The number of hydrogen-bond acceptors (Lipinski definition) is 2. The summed E-state index contributed by atoms with van der Waals surface area (Å²) in [5.74, 6) is 0.355. The van der Waals surface area contributed by atoms with Crippen LogP contribution in [-0.4, -0.2) is 22.4 Å². The highest BCUT2D eigenvalue weighted by molar-refractivity contribution is 4.81. The summed E-state index contributed by atoms with van der Waals surface area (Å²) in [6.45, 7) is 2.16. The summed E-state index contributed by atoms with van der Waals surface area (Å²) in [4.78, 5) is 0. The van der Waals surface area contributed by atoms with E-state index in [9.17, 15) is 10.2 Å². The van der Waals surface area contributed by atoms with Crippen molar-refractivity contribution in [1.82, 2.24) is 0 Å². The Hall–Kier alpha value is -0.0800. The van der Waals surface area contributed by atoms with E-state index in [1.807, 2.05) is 0 Å². The van der Waals surface area contributed by atoms with E-state index in [2.05, 4.69) is 6.92 Å². The summed E-state index contributed by atoms with van der Waals surface area (Å²) in [5, 5.41) is 19.0. The zero-order chi connectivity index (χ0) is 8.97. The molecule has 3 atom stereocenters.